The molecule has 0 radical (unpaired) electrons. The molecule has 0 saturated carbocycles. The number of pyridine rings is 2. The minimum Gasteiger partial charge on any atom is -0.390 e. The van der Waals surface area contributed by atoms with E-state index in [4.69, 9.17) is 32.9 Å². The number of aromatic nitrogens is 5. The average molecular weight is 565 g/mol. The van der Waals surface area contributed by atoms with Gasteiger partial charge < -0.3 is 19.1 Å². The van der Waals surface area contributed by atoms with Crippen molar-refractivity contribution in [2.24, 2.45) is 0 Å². The van der Waals surface area contributed by atoms with Gasteiger partial charge in [-0.2, -0.15) is 5.10 Å². The van der Waals surface area contributed by atoms with E-state index in [9.17, 15) is 9.90 Å². The maximum absolute atomic E-state index is 12.1. The number of piperidine rings is 1. The lowest BCUT2D eigenvalue weighted by molar-refractivity contribution is -0.136. The number of aliphatic hydroxyl groups is 1. The zero-order chi connectivity index (χ0) is 27.1. The van der Waals surface area contributed by atoms with Gasteiger partial charge in [-0.1, -0.05) is 29.3 Å². The third-order valence-electron chi connectivity index (χ3n) is 7.29. The summed E-state index contributed by atoms with van der Waals surface area (Å²) < 4.78 is 8.81. The topological polar surface area (TPSA) is 97.8 Å². The molecule has 39 heavy (non-hydrogen) atoms. The van der Waals surface area contributed by atoms with E-state index in [0.717, 1.165) is 34.9 Å². The number of fused-ring (bicyclic) bond motifs is 3. The summed E-state index contributed by atoms with van der Waals surface area (Å²) in [7, 11) is 1.54. The summed E-state index contributed by atoms with van der Waals surface area (Å²) >= 11 is 13.0. The SMILES string of the molecule is COCC(=O)N1CCC(n2cc(-c3cnc4ccn5c(CO)c(-c6c(Cl)cccc6Cl)nc5c4c3)cn2)CC1. The number of nitrogens with zero attached hydrogens (tertiary/aromatic N) is 6. The van der Waals surface area contributed by atoms with Crippen LogP contribution < -0.4 is 0 Å². The van der Waals surface area contributed by atoms with Gasteiger partial charge in [-0.25, -0.2) is 4.98 Å². The van der Waals surface area contributed by atoms with Crippen LogP contribution in [0.1, 0.15) is 24.6 Å². The second-order valence-electron chi connectivity index (χ2n) is 9.58. The van der Waals surface area contributed by atoms with Crippen LogP contribution >= 0.6 is 23.2 Å². The molecule has 4 aromatic heterocycles. The fourth-order valence-corrected chi connectivity index (χ4v) is 5.84. The molecule has 9 nitrogen and oxygen atoms in total. The van der Waals surface area contributed by atoms with Gasteiger partial charge in [0.15, 0.2) is 0 Å². The Bertz CT molecular complexity index is 1670. The van der Waals surface area contributed by atoms with Gasteiger partial charge in [-0.3, -0.25) is 14.5 Å². The molecule has 1 amide bonds. The van der Waals surface area contributed by atoms with E-state index in [2.05, 4.69) is 10.1 Å². The van der Waals surface area contributed by atoms with Gasteiger partial charge in [-0.05, 0) is 37.1 Å². The van der Waals surface area contributed by atoms with Gasteiger partial charge in [0, 0.05) is 60.9 Å². The number of hydrogen-bond acceptors (Lipinski definition) is 6. The Morgan fingerprint density at radius 1 is 1.13 bits per heavy atom. The lowest BCUT2D eigenvalue weighted by Gasteiger charge is -2.32. The molecule has 6 rings (SSSR count). The lowest BCUT2D eigenvalue weighted by atomic mass is 10.1. The summed E-state index contributed by atoms with van der Waals surface area (Å²) in [6, 6.07) is 9.44. The van der Waals surface area contributed by atoms with E-state index < -0.39 is 0 Å². The number of amides is 1. The Kier molecular flexibility index (Phi) is 6.99. The quantitative estimate of drug-likeness (QED) is 0.311. The highest BCUT2D eigenvalue weighted by atomic mass is 35.5. The van der Waals surface area contributed by atoms with Crippen LogP contribution in [0.4, 0.5) is 0 Å². The van der Waals surface area contributed by atoms with Gasteiger partial charge >= 0.3 is 0 Å². The minimum absolute atomic E-state index is 0.0222. The fourth-order valence-electron chi connectivity index (χ4n) is 5.26. The fraction of sp³-hybridized carbons (Fsp3) is 0.286. The van der Waals surface area contributed by atoms with Crippen LogP contribution in [0.3, 0.4) is 0 Å². The number of benzene rings is 1. The third-order valence-corrected chi connectivity index (χ3v) is 7.92. The normalized spacial score (nSPS) is 14.5. The molecule has 0 unspecified atom stereocenters. The monoisotopic (exact) mass is 564 g/mol. The Hall–Kier alpha value is -3.50. The van der Waals surface area contributed by atoms with Crippen molar-refractivity contribution >= 4 is 45.7 Å². The van der Waals surface area contributed by atoms with E-state index in [-0.39, 0.29) is 25.2 Å². The first-order valence-corrected chi connectivity index (χ1v) is 13.4. The molecule has 200 valence electrons. The van der Waals surface area contributed by atoms with Crippen molar-refractivity contribution in [2.75, 3.05) is 26.8 Å². The first kappa shape index (κ1) is 25.8. The smallest absolute Gasteiger partial charge is 0.248 e. The molecule has 0 atom stereocenters. The van der Waals surface area contributed by atoms with Crippen LogP contribution in [0.15, 0.2) is 55.1 Å². The average Bonchev–Trinajstić information content (AvgIpc) is 3.58. The maximum Gasteiger partial charge on any atom is 0.248 e. The molecular formula is C28H26Cl2N6O3. The number of hydrogen-bond donors (Lipinski definition) is 1. The van der Waals surface area contributed by atoms with E-state index >= 15 is 0 Å². The summed E-state index contributed by atoms with van der Waals surface area (Å²) in [6.45, 7) is 1.24. The zero-order valence-corrected chi connectivity index (χ0v) is 22.7. The number of carbonyl (C=O) groups excluding carboxylic acids is 1. The third kappa shape index (κ3) is 4.65. The van der Waals surface area contributed by atoms with Crippen molar-refractivity contribution < 1.29 is 14.6 Å². The van der Waals surface area contributed by atoms with Crippen molar-refractivity contribution in [1.29, 1.82) is 0 Å². The number of aliphatic hydroxyl groups excluding tert-OH is 1. The standard InChI is InChI=1S/C28H26Cl2N6O3/c1-39-16-25(38)34-8-5-19(6-9-34)36-14-18(13-32-36)17-11-20-23(31-12-17)7-10-35-24(15-37)27(33-28(20)35)26-21(29)3-2-4-22(26)30/h2-4,7,10-14,19,37H,5-6,8-9,15-16H2,1H3. The first-order chi connectivity index (χ1) is 19.0. The Labute approximate surface area is 234 Å². The van der Waals surface area contributed by atoms with Crippen molar-refractivity contribution in [2.45, 2.75) is 25.5 Å². The van der Waals surface area contributed by atoms with Gasteiger partial charge in [0.1, 0.15) is 12.3 Å². The zero-order valence-electron chi connectivity index (χ0n) is 21.2. The number of likely N-dealkylation sites (tertiary alicyclic amines) is 1. The second kappa shape index (κ2) is 10.6. The molecule has 1 fully saturated rings. The van der Waals surface area contributed by atoms with Crippen LogP contribution in [0.2, 0.25) is 10.0 Å². The second-order valence-corrected chi connectivity index (χ2v) is 10.4. The van der Waals surface area contributed by atoms with Crippen molar-refractivity contribution in [3.63, 3.8) is 0 Å². The molecule has 5 heterocycles. The highest BCUT2D eigenvalue weighted by Gasteiger charge is 2.25. The number of rotatable bonds is 6. The van der Waals surface area contributed by atoms with Crippen molar-refractivity contribution in [1.82, 2.24) is 29.0 Å². The molecule has 0 bridgehead atoms. The van der Waals surface area contributed by atoms with E-state index in [1.54, 1.807) is 18.2 Å². The van der Waals surface area contributed by atoms with Crippen LogP contribution in [0.25, 0.3) is 38.9 Å². The van der Waals surface area contributed by atoms with Gasteiger partial charge in [0.25, 0.3) is 0 Å². The molecule has 1 aliphatic heterocycles. The highest BCUT2D eigenvalue weighted by Crippen LogP contribution is 2.38. The highest BCUT2D eigenvalue weighted by molar-refractivity contribution is 6.39. The molecule has 1 saturated heterocycles. The van der Waals surface area contributed by atoms with Crippen LogP contribution in [-0.2, 0) is 16.1 Å². The Balaban J connectivity index is 1.35. The van der Waals surface area contributed by atoms with Crippen LogP contribution in [0, 0.1) is 0 Å². The predicted molar refractivity (Wildman–Crippen MR) is 150 cm³/mol. The predicted octanol–water partition coefficient (Wildman–Crippen LogP) is 5.02. The number of carbonyl (C=O) groups is 1. The molecule has 11 heteroatoms. The lowest BCUT2D eigenvalue weighted by Crippen LogP contribution is -2.40. The van der Waals surface area contributed by atoms with E-state index in [1.807, 2.05) is 50.9 Å². The van der Waals surface area contributed by atoms with Crippen molar-refractivity contribution in [3.05, 3.63) is 70.9 Å². The number of ether oxygens (including phenoxy) is 1. The van der Waals surface area contributed by atoms with Crippen molar-refractivity contribution in [3.8, 4) is 22.4 Å². The molecule has 5 aromatic rings. The molecule has 1 N–H and O–H groups in total. The Morgan fingerprint density at radius 3 is 2.62 bits per heavy atom. The van der Waals surface area contributed by atoms with Gasteiger partial charge in [0.2, 0.25) is 5.91 Å². The molecule has 0 spiro atoms. The minimum atomic E-state index is -0.237. The van der Waals surface area contributed by atoms with E-state index in [1.165, 1.54) is 7.11 Å². The summed E-state index contributed by atoms with van der Waals surface area (Å²) in [4.78, 5) is 23.5. The number of halogens is 2. The van der Waals surface area contributed by atoms with Crippen LogP contribution in [0.5, 0.6) is 0 Å². The Morgan fingerprint density at radius 2 is 1.90 bits per heavy atom. The summed E-state index contributed by atoms with van der Waals surface area (Å²) in [5, 5.41) is 16.6. The summed E-state index contributed by atoms with van der Waals surface area (Å²) in [5.74, 6) is 0.0222. The van der Waals surface area contributed by atoms with Crippen LogP contribution in [-0.4, -0.2) is 66.9 Å². The summed E-state index contributed by atoms with van der Waals surface area (Å²) in [6.07, 6.45) is 9.20. The number of methoxy groups -OCH3 is 1. The maximum atomic E-state index is 12.1. The molecule has 1 aliphatic rings. The molecule has 0 aliphatic carbocycles. The summed E-state index contributed by atoms with van der Waals surface area (Å²) in [5.41, 5.74) is 4.98. The molecule has 1 aromatic carbocycles. The van der Waals surface area contributed by atoms with E-state index in [0.29, 0.717) is 45.7 Å². The number of imidazole rings is 1. The molecular weight excluding hydrogens is 539 g/mol. The van der Waals surface area contributed by atoms with Gasteiger partial charge in [-0.15, -0.1) is 0 Å². The first-order valence-electron chi connectivity index (χ1n) is 12.6. The largest absolute Gasteiger partial charge is 0.390 e. The van der Waals surface area contributed by atoms with Gasteiger partial charge in [0.05, 0.1) is 45.8 Å².